The number of aryl methyl sites for hydroxylation is 2. The van der Waals surface area contributed by atoms with Crippen LogP contribution in [0.1, 0.15) is 23.6 Å². The van der Waals surface area contributed by atoms with Crippen LogP contribution in [0.2, 0.25) is 5.02 Å². The van der Waals surface area contributed by atoms with Gasteiger partial charge >= 0.3 is 0 Å². The van der Waals surface area contributed by atoms with Crippen LogP contribution in [0, 0.1) is 13.8 Å². The van der Waals surface area contributed by atoms with E-state index in [9.17, 15) is 4.79 Å². The van der Waals surface area contributed by atoms with Gasteiger partial charge in [0.1, 0.15) is 0 Å². The SMILES string of the molecule is Cc1ccc(C)c(NC(=O)C(C)N(C)Cc2cccc(Cl)c2)c1. The fraction of sp³-hybridized carbons (Fsp3) is 0.316. The summed E-state index contributed by atoms with van der Waals surface area (Å²) in [5.41, 5.74) is 4.16. The third-order valence-electron chi connectivity index (χ3n) is 4.01. The van der Waals surface area contributed by atoms with Crippen LogP contribution in [0.3, 0.4) is 0 Å². The molecule has 23 heavy (non-hydrogen) atoms. The number of anilines is 1. The summed E-state index contributed by atoms with van der Waals surface area (Å²) in [5, 5.41) is 3.73. The van der Waals surface area contributed by atoms with Crippen molar-refractivity contribution >= 4 is 23.2 Å². The number of carbonyl (C=O) groups is 1. The number of nitrogens with zero attached hydrogens (tertiary/aromatic N) is 1. The Kier molecular flexibility index (Phi) is 5.80. The number of benzene rings is 2. The molecule has 1 N–H and O–H groups in total. The number of hydrogen-bond acceptors (Lipinski definition) is 2. The molecule has 0 aliphatic carbocycles. The smallest absolute Gasteiger partial charge is 0.241 e. The molecule has 0 saturated heterocycles. The summed E-state index contributed by atoms with van der Waals surface area (Å²) in [4.78, 5) is 14.5. The monoisotopic (exact) mass is 330 g/mol. The lowest BCUT2D eigenvalue weighted by Gasteiger charge is -2.24. The van der Waals surface area contributed by atoms with E-state index in [1.165, 1.54) is 0 Å². The molecule has 0 radical (unpaired) electrons. The molecule has 2 aromatic rings. The third-order valence-corrected chi connectivity index (χ3v) is 4.25. The third kappa shape index (κ3) is 4.81. The quantitative estimate of drug-likeness (QED) is 0.880. The minimum atomic E-state index is -0.242. The van der Waals surface area contributed by atoms with E-state index in [2.05, 4.69) is 5.32 Å². The number of halogens is 1. The molecule has 0 aliphatic rings. The fourth-order valence-corrected chi connectivity index (χ4v) is 2.58. The van der Waals surface area contributed by atoms with Gasteiger partial charge in [-0.2, -0.15) is 0 Å². The van der Waals surface area contributed by atoms with Gasteiger partial charge in [0.25, 0.3) is 0 Å². The van der Waals surface area contributed by atoms with E-state index in [0.717, 1.165) is 22.4 Å². The maximum absolute atomic E-state index is 12.5. The molecule has 1 atom stereocenters. The number of nitrogens with one attached hydrogen (secondary N) is 1. The molecule has 1 unspecified atom stereocenters. The summed E-state index contributed by atoms with van der Waals surface area (Å²) in [6.07, 6.45) is 0. The van der Waals surface area contributed by atoms with E-state index in [0.29, 0.717) is 11.6 Å². The summed E-state index contributed by atoms with van der Waals surface area (Å²) in [7, 11) is 1.94. The van der Waals surface area contributed by atoms with E-state index in [1.807, 2.05) is 75.2 Å². The van der Waals surface area contributed by atoms with Crippen LogP contribution < -0.4 is 5.32 Å². The molecular weight excluding hydrogens is 308 g/mol. The molecule has 2 aromatic carbocycles. The average Bonchev–Trinajstić information content (AvgIpc) is 2.50. The summed E-state index contributed by atoms with van der Waals surface area (Å²) < 4.78 is 0. The zero-order valence-corrected chi connectivity index (χ0v) is 14.8. The molecule has 4 heteroatoms. The molecule has 0 aromatic heterocycles. The molecule has 122 valence electrons. The van der Waals surface area contributed by atoms with Gasteiger partial charge < -0.3 is 5.32 Å². The molecule has 1 amide bonds. The maximum Gasteiger partial charge on any atom is 0.241 e. The number of hydrogen-bond donors (Lipinski definition) is 1. The van der Waals surface area contributed by atoms with Crippen LogP contribution in [0.25, 0.3) is 0 Å². The van der Waals surface area contributed by atoms with Crippen molar-refractivity contribution in [3.8, 4) is 0 Å². The Hall–Kier alpha value is -1.84. The highest BCUT2D eigenvalue weighted by molar-refractivity contribution is 6.30. The van der Waals surface area contributed by atoms with Crippen molar-refractivity contribution in [1.29, 1.82) is 0 Å². The van der Waals surface area contributed by atoms with Gasteiger partial charge in [0.05, 0.1) is 6.04 Å². The number of likely N-dealkylation sites (N-methyl/N-ethyl adjacent to an activating group) is 1. The Balaban J connectivity index is 2.02. The Morgan fingerprint density at radius 3 is 2.65 bits per heavy atom. The van der Waals surface area contributed by atoms with Crippen LogP contribution in [0.15, 0.2) is 42.5 Å². The zero-order chi connectivity index (χ0) is 17.0. The van der Waals surface area contributed by atoms with Crippen molar-refractivity contribution in [3.05, 3.63) is 64.2 Å². The standard InChI is InChI=1S/C19H23ClN2O/c1-13-8-9-14(2)18(10-13)21-19(23)15(3)22(4)12-16-6-5-7-17(20)11-16/h5-11,15H,12H2,1-4H3,(H,21,23). The van der Waals surface area contributed by atoms with Crippen LogP contribution in [0.5, 0.6) is 0 Å². The number of carbonyl (C=O) groups excluding carboxylic acids is 1. The molecule has 0 fully saturated rings. The highest BCUT2D eigenvalue weighted by Crippen LogP contribution is 2.18. The molecule has 0 aliphatic heterocycles. The molecule has 0 bridgehead atoms. The predicted molar refractivity (Wildman–Crippen MR) is 96.9 cm³/mol. The van der Waals surface area contributed by atoms with Gasteiger partial charge in [-0.1, -0.05) is 35.9 Å². The lowest BCUT2D eigenvalue weighted by Crippen LogP contribution is -2.39. The van der Waals surface area contributed by atoms with Gasteiger partial charge in [0, 0.05) is 17.3 Å². The second-order valence-electron chi connectivity index (χ2n) is 6.03. The summed E-state index contributed by atoms with van der Waals surface area (Å²) in [6.45, 7) is 6.59. The van der Waals surface area contributed by atoms with Gasteiger partial charge in [0.2, 0.25) is 5.91 Å². The highest BCUT2D eigenvalue weighted by Gasteiger charge is 2.19. The Morgan fingerprint density at radius 2 is 1.96 bits per heavy atom. The highest BCUT2D eigenvalue weighted by atomic mass is 35.5. The van der Waals surface area contributed by atoms with E-state index in [1.54, 1.807) is 0 Å². The van der Waals surface area contributed by atoms with Crippen molar-refractivity contribution in [1.82, 2.24) is 4.90 Å². The van der Waals surface area contributed by atoms with Gasteiger partial charge in [-0.15, -0.1) is 0 Å². The first-order valence-corrected chi connectivity index (χ1v) is 8.07. The van der Waals surface area contributed by atoms with Crippen molar-refractivity contribution in [2.75, 3.05) is 12.4 Å². The molecule has 0 saturated carbocycles. The van der Waals surface area contributed by atoms with Crippen LogP contribution >= 0.6 is 11.6 Å². The van der Waals surface area contributed by atoms with Crippen molar-refractivity contribution in [2.24, 2.45) is 0 Å². The zero-order valence-electron chi connectivity index (χ0n) is 14.1. The first kappa shape index (κ1) is 17.5. The van der Waals surface area contributed by atoms with Gasteiger partial charge in [-0.3, -0.25) is 9.69 Å². The van der Waals surface area contributed by atoms with Gasteiger partial charge in [-0.05, 0) is 62.7 Å². The van der Waals surface area contributed by atoms with Crippen molar-refractivity contribution in [3.63, 3.8) is 0 Å². The van der Waals surface area contributed by atoms with Crippen LogP contribution in [-0.4, -0.2) is 23.9 Å². The average molecular weight is 331 g/mol. The van der Waals surface area contributed by atoms with Gasteiger partial charge in [0.15, 0.2) is 0 Å². The largest absolute Gasteiger partial charge is 0.324 e. The van der Waals surface area contributed by atoms with E-state index in [4.69, 9.17) is 11.6 Å². The second-order valence-corrected chi connectivity index (χ2v) is 6.47. The van der Waals surface area contributed by atoms with Crippen LogP contribution in [0.4, 0.5) is 5.69 Å². The normalized spacial score (nSPS) is 12.3. The van der Waals surface area contributed by atoms with E-state index >= 15 is 0 Å². The first-order chi connectivity index (χ1) is 10.9. The van der Waals surface area contributed by atoms with E-state index < -0.39 is 0 Å². The Bertz CT molecular complexity index is 700. The topological polar surface area (TPSA) is 32.3 Å². The predicted octanol–water partition coefficient (Wildman–Crippen LogP) is 4.42. The lowest BCUT2D eigenvalue weighted by molar-refractivity contribution is -0.120. The second kappa shape index (κ2) is 7.62. The minimum absolute atomic E-state index is 0.0109. The maximum atomic E-state index is 12.5. The summed E-state index contributed by atoms with van der Waals surface area (Å²) >= 11 is 6.01. The van der Waals surface area contributed by atoms with Gasteiger partial charge in [-0.25, -0.2) is 0 Å². The minimum Gasteiger partial charge on any atom is -0.324 e. The van der Waals surface area contributed by atoms with Crippen molar-refractivity contribution < 1.29 is 4.79 Å². The molecular formula is C19H23ClN2O. The first-order valence-electron chi connectivity index (χ1n) is 7.69. The summed E-state index contributed by atoms with van der Waals surface area (Å²) in [5.74, 6) is -0.0109. The molecule has 3 nitrogen and oxygen atoms in total. The Morgan fingerprint density at radius 1 is 1.22 bits per heavy atom. The number of rotatable bonds is 5. The lowest BCUT2D eigenvalue weighted by atomic mass is 10.1. The van der Waals surface area contributed by atoms with Crippen LogP contribution in [-0.2, 0) is 11.3 Å². The molecule has 2 rings (SSSR count). The van der Waals surface area contributed by atoms with E-state index in [-0.39, 0.29) is 11.9 Å². The number of amides is 1. The fourth-order valence-electron chi connectivity index (χ4n) is 2.37. The molecule has 0 heterocycles. The molecule has 0 spiro atoms. The Labute approximate surface area is 143 Å². The van der Waals surface area contributed by atoms with Crippen molar-refractivity contribution in [2.45, 2.75) is 33.4 Å². The summed E-state index contributed by atoms with van der Waals surface area (Å²) in [6, 6.07) is 13.5.